The molecular formula is C50H44F6N6O5. The lowest BCUT2D eigenvalue weighted by Crippen LogP contribution is -2.36. The number of aryl methyl sites for hydroxylation is 2. The number of nitrogens with one attached hydrogen (secondary N) is 1. The van der Waals surface area contributed by atoms with Crippen molar-refractivity contribution in [2.45, 2.75) is 85.2 Å². The number of aromatic nitrogens is 2. The summed E-state index contributed by atoms with van der Waals surface area (Å²) in [5, 5.41) is 20.5. The normalized spacial score (nSPS) is 14.4. The highest BCUT2D eigenvalue weighted by Gasteiger charge is 2.36. The van der Waals surface area contributed by atoms with E-state index in [9.17, 15) is 31.1 Å². The number of nitrogens with two attached hydrogens (primary N) is 1. The van der Waals surface area contributed by atoms with Crippen LogP contribution in [0.4, 0.5) is 37.7 Å². The molecule has 3 N–H and O–H groups in total. The number of alkyl halides is 6. The van der Waals surface area contributed by atoms with Gasteiger partial charge >= 0.3 is 12.4 Å². The minimum absolute atomic E-state index is 0.0350. The Hall–Kier alpha value is -7.47. The van der Waals surface area contributed by atoms with Crippen LogP contribution in [0.3, 0.4) is 0 Å². The topological polar surface area (TPSA) is 165 Å². The number of carbonyl (C=O) groups is 1. The molecule has 2 aliphatic heterocycles. The molecule has 0 amide bonds. The summed E-state index contributed by atoms with van der Waals surface area (Å²) in [6, 6.07) is 24.6. The number of rotatable bonds is 6. The van der Waals surface area contributed by atoms with Gasteiger partial charge in [-0.2, -0.15) is 36.9 Å². The van der Waals surface area contributed by atoms with Crippen molar-refractivity contribution in [1.82, 2.24) is 9.97 Å². The molecule has 0 fully saturated rings. The summed E-state index contributed by atoms with van der Waals surface area (Å²) in [6.45, 7) is 11.7. The van der Waals surface area contributed by atoms with E-state index < -0.39 is 35.1 Å². The number of nitrogens with zero attached hydrogens (tertiary/aromatic N) is 4. The quantitative estimate of drug-likeness (QED) is 0.0927. The highest BCUT2D eigenvalue weighted by atomic mass is 19.4. The first-order chi connectivity index (χ1) is 31.5. The van der Waals surface area contributed by atoms with E-state index in [-0.39, 0.29) is 24.5 Å². The van der Waals surface area contributed by atoms with Gasteiger partial charge < -0.3 is 30.0 Å². The number of benzene rings is 4. The summed E-state index contributed by atoms with van der Waals surface area (Å²) >= 11 is 0. The van der Waals surface area contributed by atoms with Crippen LogP contribution in [0.2, 0.25) is 0 Å². The van der Waals surface area contributed by atoms with Crippen LogP contribution < -0.4 is 20.5 Å². The van der Waals surface area contributed by atoms with Gasteiger partial charge in [0.05, 0.1) is 59.0 Å². The van der Waals surface area contributed by atoms with Gasteiger partial charge in [-0.05, 0) is 90.2 Å². The Labute approximate surface area is 382 Å². The third-order valence-electron chi connectivity index (χ3n) is 10.6. The molecule has 4 aromatic carbocycles. The maximum atomic E-state index is 13.9. The fourth-order valence-electron chi connectivity index (χ4n) is 6.96. The van der Waals surface area contributed by atoms with Crippen molar-refractivity contribution in [3.63, 3.8) is 0 Å². The Balaban J connectivity index is 0.000000183. The highest BCUT2D eigenvalue weighted by Crippen LogP contribution is 2.40. The van der Waals surface area contributed by atoms with Crippen LogP contribution in [0.25, 0.3) is 22.3 Å². The second-order valence-corrected chi connectivity index (χ2v) is 16.3. The zero-order chi connectivity index (χ0) is 48.9. The number of anilines is 2. The number of pyridine rings is 2. The van der Waals surface area contributed by atoms with Crippen LogP contribution in [0.15, 0.2) is 97.3 Å². The Morgan fingerprint density at radius 3 is 1.61 bits per heavy atom. The van der Waals surface area contributed by atoms with Gasteiger partial charge in [0.2, 0.25) is 11.6 Å². The van der Waals surface area contributed by atoms with Gasteiger partial charge in [0, 0.05) is 74.7 Å². The third-order valence-corrected chi connectivity index (χ3v) is 10.6. The number of nitrogen functional groups attached to an aromatic ring is 1. The molecule has 346 valence electrons. The van der Waals surface area contributed by atoms with Gasteiger partial charge in [-0.3, -0.25) is 14.8 Å². The number of aldehydes is 1. The molecule has 67 heavy (non-hydrogen) atoms. The van der Waals surface area contributed by atoms with Crippen molar-refractivity contribution in [2.24, 2.45) is 0 Å². The van der Waals surface area contributed by atoms with E-state index in [2.05, 4.69) is 15.3 Å². The third kappa shape index (κ3) is 11.9. The van der Waals surface area contributed by atoms with Gasteiger partial charge in [0.25, 0.3) is 0 Å². The lowest BCUT2D eigenvalue weighted by Gasteiger charge is -2.34. The molecule has 0 saturated heterocycles. The van der Waals surface area contributed by atoms with E-state index >= 15 is 0 Å². The predicted molar refractivity (Wildman–Crippen MR) is 237 cm³/mol. The smallest absolute Gasteiger partial charge is 0.418 e. The van der Waals surface area contributed by atoms with Gasteiger partial charge in [0.15, 0.2) is 12.0 Å². The first kappa shape index (κ1) is 49.0. The van der Waals surface area contributed by atoms with Gasteiger partial charge in [-0.1, -0.05) is 36.4 Å². The summed E-state index contributed by atoms with van der Waals surface area (Å²) in [5.41, 5.74) is 10.6. The lowest BCUT2D eigenvalue weighted by molar-refractivity contribution is -0.181. The summed E-state index contributed by atoms with van der Waals surface area (Å²) in [5.74, 6) is -0.162. The molecule has 0 radical (unpaired) electrons. The summed E-state index contributed by atoms with van der Waals surface area (Å²) in [4.78, 5) is 19.3. The number of nitriles is 2. The van der Waals surface area contributed by atoms with Crippen LogP contribution >= 0.6 is 0 Å². The van der Waals surface area contributed by atoms with Crippen molar-refractivity contribution in [3.8, 4) is 45.9 Å². The Bertz CT molecular complexity index is 2870. The number of hydrogen-bond acceptors (Lipinski definition) is 11. The van der Waals surface area contributed by atoms with Crippen molar-refractivity contribution in [1.29, 1.82) is 10.5 Å². The van der Waals surface area contributed by atoms with Crippen molar-refractivity contribution in [3.05, 3.63) is 153 Å². The average molecular weight is 923 g/mol. The van der Waals surface area contributed by atoms with Crippen molar-refractivity contribution in [2.75, 3.05) is 11.1 Å². The molecule has 11 nitrogen and oxygen atoms in total. The maximum absolute atomic E-state index is 13.9. The molecular weight excluding hydrogens is 879 g/mol. The minimum Gasteiger partial charge on any atom is -0.461 e. The predicted octanol–water partition coefficient (Wildman–Crippen LogP) is 11.9. The van der Waals surface area contributed by atoms with E-state index in [0.717, 1.165) is 35.2 Å². The largest absolute Gasteiger partial charge is 0.461 e. The monoisotopic (exact) mass is 922 g/mol. The molecule has 6 aromatic rings. The molecule has 0 unspecified atom stereocenters. The van der Waals surface area contributed by atoms with Crippen LogP contribution in [-0.4, -0.2) is 27.8 Å². The summed E-state index contributed by atoms with van der Waals surface area (Å²) < 4.78 is 103. The fourth-order valence-corrected chi connectivity index (χ4v) is 6.96. The fraction of sp³-hybridized carbons (Fsp3) is 0.260. The molecule has 2 aliphatic rings. The molecule has 4 heterocycles. The lowest BCUT2D eigenvalue weighted by atomic mass is 10.00. The van der Waals surface area contributed by atoms with E-state index in [1.807, 2.05) is 39.8 Å². The molecule has 0 saturated carbocycles. The van der Waals surface area contributed by atoms with Gasteiger partial charge in [-0.15, -0.1) is 0 Å². The minimum atomic E-state index is -4.55. The summed E-state index contributed by atoms with van der Waals surface area (Å²) in [6.07, 6.45) is -5.08. The standard InChI is InChI=1S/C25H22F3N3O2.C14H9F3N2.C11H13NO3/c1-15-23-20(14-32-24(2,3)33-23)19(12-30-15)13-31-22-9-8-18(10-21(22)25(26,27)28)17-6-4-16(11-29)5-7-17;15-14(16,17)12-7-11(5-6-13(12)19)10-3-1-9(8-18)2-4-10;1-7-10-9(8(5-13)4-12-7)6-14-11(2,3)15-10/h4-10,12,31H,13-14H2,1-3H3;1-7H,19H2;4-5H,6H2,1-3H3. The molecule has 0 aliphatic carbocycles. The molecule has 0 spiro atoms. The number of halogens is 6. The van der Waals surface area contributed by atoms with Crippen LogP contribution in [-0.2, 0) is 41.6 Å². The molecule has 8 rings (SSSR count). The zero-order valence-corrected chi connectivity index (χ0v) is 37.1. The van der Waals surface area contributed by atoms with Crippen LogP contribution in [0, 0.1) is 36.5 Å². The SMILES string of the molecule is Cc1ncc(C=O)c2c1OC(C)(C)OC2.Cc1ncc(CNc2ccc(-c3ccc(C#N)cc3)cc2C(F)(F)F)c2c1OC(C)(C)OC2.N#Cc1ccc(-c2ccc(N)c(C(F)(F)F)c2)cc1. The zero-order valence-electron chi connectivity index (χ0n) is 37.1. The average Bonchev–Trinajstić information content (AvgIpc) is 3.29. The van der Waals surface area contributed by atoms with Crippen molar-refractivity contribution < 1.29 is 50.1 Å². The summed E-state index contributed by atoms with van der Waals surface area (Å²) in [7, 11) is 0. The molecule has 17 heteroatoms. The number of ether oxygens (including phenoxy) is 4. The first-order valence-corrected chi connectivity index (χ1v) is 20.5. The van der Waals surface area contributed by atoms with Crippen LogP contribution in [0.1, 0.15) is 88.4 Å². The van der Waals surface area contributed by atoms with Gasteiger partial charge in [-0.25, -0.2) is 0 Å². The molecule has 0 bridgehead atoms. The van der Waals surface area contributed by atoms with Crippen molar-refractivity contribution >= 4 is 17.7 Å². The molecule has 2 aromatic heterocycles. The number of hydrogen-bond donors (Lipinski definition) is 2. The second-order valence-electron chi connectivity index (χ2n) is 16.3. The van der Waals surface area contributed by atoms with Crippen LogP contribution in [0.5, 0.6) is 11.5 Å². The molecule has 0 atom stereocenters. The Kier molecular flexibility index (Phi) is 14.3. The second kappa shape index (κ2) is 19.6. The number of fused-ring (bicyclic) bond motifs is 2. The van der Waals surface area contributed by atoms with E-state index in [1.54, 1.807) is 80.8 Å². The maximum Gasteiger partial charge on any atom is 0.418 e. The first-order valence-electron chi connectivity index (χ1n) is 20.5. The van der Waals surface area contributed by atoms with Gasteiger partial charge in [0.1, 0.15) is 5.75 Å². The van der Waals surface area contributed by atoms with E-state index in [0.29, 0.717) is 68.3 Å². The number of carbonyl (C=O) groups excluding carboxylic acids is 1. The van der Waals surface area contributed by atoms with E-state index in [1.165, 1.54) is 18.2 Å². The highest BCUT2D eigenvalue weighted by molar-refractivity contribution is 5.78. The Morgan fingerprint density at radius 1 is 0.672 bits per heavy atom. The Morgan fingerprint density at radius 2 is 1.12 bits per heavy atom. The van der Waals surface area contributed by atoms with E-state index in [4.69, 9.17) is 35.2 Å².